The topological polar surface area (TPSA) is 34.1 Å². The van der Waals surface area contributed by atoms with Gasteiger partial charge in [-0.3, -0.25) is 0 Å². The third-order valence-electron chi connectivity index (χ3n) is 8.65. The lowest BCUT2D eigenvalue weighted by Crippen LogP contribution is -2.54. The van der Waals surface area contributed by atoms with Gasteiger partial charge in [0.05, 0.1) is 9.79 Å². The van der Waals surface area contributed by atoms with E-state index in [1.54, 1.807) is 37.3 Å². The second-order valence-corrected chi connectivity index (χ2v) is 13.5. The number of benzene rings is 4. The zero-order chi connectivity index (χ0) is 32.8. The second-order valence-electron chi connectivity index (χ2n) is 11.5. The van der Waals surface area contributed by atoms with E-state index in [0.717, 1.165) is 41.0 Å². The lowest BCUT2D eigenvalue weighted by molar-refractivity contribution is -0.288. The Kier molecular flexibility index (Phi) is 8.88. The number of aryl methyl sites for hydroxylation is 8. The highest BCUT2D eigenvalue weighted by atomic mass is 32.2. The summed E-state index contributed by atoms with van der Waals surface area (Å²) in [6, 6.07) is 16.1. The predicted octanol–water partition coefficient (Wildman–Crippen LogP) is 9.57. The molecule has 0 heterocycles. The van der Waals surface area contributed by atoms with E-state index >= 15 is 0 Å². The molecule has 0 fully saturated rings. The highest BCUT2D eigenvalue weighted by molar-refractivity contribution is 7.91. The Morgan fingerprint density at radius 3 is 1.41 bits per heavy atom. The van der Waals surface area contributed by atoms with Crippen molar-refractivity contribution in [2.45, 2.75) is 81.9 Å². The maximum atomic E-state index is 14.7. The molecule has 0 spiro atoms. The van der Waals surface area contributed by atoms with Gasteiger partial charge in [0.25, 0.3) is 0 Å². The molecular weight excluding hydrogens is 598 g/mol. The molecule has 0 saturated carbocycles. The van der Waals surface area contributed by atoms with Crippen LogP contribution < -0.4 is 0 Å². The second kappa shape index (κ2) is 11.7. The fourth-order valence-electron chi connectivity index (χ4n) is 5.54. The molecule has 4 rings (SSSR count). The van der Waals surface area contributed by atoms with Gasteiger partial charge >= 0.3 is 12.4 Å². The summed E-state index contributed by atoms with van der Waals surface area (Å²) in [5.74, 6) is 0. The molecule has 0 aliphatic rings. The lowest BCUT2D eigenvalue weighted by atomic mass is 9.71. The maximum absolute atomic E-state index is 14.7. The molecular formula is C35H34F6O2S. The van der Waals surface area contributed by atoms with Crippen LogP contribution in [0.4, 0.5) is 26.3 Å². The molecule has 0 amide bonds. The van der Waals surface area contributed by atoms with Crippen LogP contribution in [0.1, 0.15) is 55.6 Å². The Labute approximate surface area is 254 Å². The van der Waals surface area contributed by atoms with Crippen molar-refractivity contribution in [3.63, 3.8) is 0 Å². The van der Waals surface area contributed by atoms with Gasteiger partial charge in [-0.1, -0.05) is 48.5 Å². The minimum atomic E-state index is -5.67. The first-order chi connectivity index (χ1) is 20.3. The lowest BCUT2D eigenvalue weighted by Gasteiger charge is -2.39. The normalized spacial score (nSPS) is 12.9. The van der Waals surface area contributed by atoms with Crippen molar-refractivity contribution in [1.29, 1.82) is 0 Å². The van der Waals surface area contributed by atoms with Crippen molar-refractivity contribution in [2.75, 3.05) is 0 Å². The summed E-state index contributed by atoms with van der Waals surface area (Å²) in [6.07, 6.45) is -10.7. The molecule has 4 aromatic rings. The van der Waals surface area contributed by atoms with E-state index < -0.39 is 38.7 Å². The molecule has 0 atom stereocenters. The van der Waals surface area contributed by atoms with Gasteiger partial charge in [-0.25, -0.2) is 8.42 Å². The largest absolute Gasteiger partial charge is 0.411 e. The van der Waals surface area contributed by atoms with Gasteiger partial charge in [-0.2, -0.15) is 26.3 Å². The van der Waals surface area contributed by atoms with Crippen molar-refractivity contribution >= 4 is 9.84 Å². The highest BCUT2D eigenvalue weighted by Crippen LogP contribution is 2.56. The quantitative estimate of drug-likeness (QED) is 0.190. The first kappa shape index (κ1) is 33.3. The third-order valence-corrected chi connectivity index (χ3v) is 10.4. The minimum Gasteiger partial charge on any atom is -0.219 e. The number of halogens is 6. The minimum absolute atomic E-state index is 0.113. The summed E-state index contributed by atoms with van der Waals surface area (Å²) >= 11 is 0. The number of hydrogen-bond donors (Lipinski definition) is 0. The van der Waals surface area contributed by atoms with E-state index in [1.807, 2.05) is 20.8 Å². The molecule has 2 nitrogen and oxygen atoms in total. The van der Waals surface area contributed by atoms with Gasteiger partial charge in [-0.05, 0) is 134 Å². The van der Waals surface area contributed by atoms with Crippen molar-refractivity contribution in [2.24, 2.45) is 0 Å². The fraction of sp³-hybridized carbons (Fsp3) is 0.314. The number of rotatable bonds is 7. The predicted molar refractivity (Wildman–Crippen MR) is 160 cm³/mol. The Morgan fingerprint density at radius 1 is 0.477 bits per heavy atom. The molecule has 0 radical (unpaired) electrons. The van der Waals surface area contributed by atoms with Gasteiger partial charge in [0.1, 0.15) is 0 Å². The van der Waals surface area contributed by atoms with Crippen molar-refractivity contribution in [3.8, 4) is 0 Å². The molecule has 9 heteroatoms. The molecule has 0 aromatic heterocycles. The van der Waals surface area contributed by atoms with Crippen LogP contribution in [0, 0.1) is 41.5 Å². The van der Waals surface area contributed by atoms with Crippen LogP contribution in [0.15, 0.2) is 82.6 Å². The zero-order valence-corrected chi connectivity index (χ0v) is 26.2. The Bertz CT molecular complexity index is 1800. The van der Waals surface area contributed by atoms with Crippen LogP contribution in [0.25, 0.3) is 0 Å². The van der Waals surface area contributed by atoms with Crippen LogP contribution >= 0.6 is 0 Å². The first-order valence-electron chi connectivity index (χ1n) is 14.0. The summed E-state index contributed by atoms with van der Waals surface area (Å²) in [6.45, 7) is 10.1. The van der Waals surface area contributed by atoms with E-state index in [4.69, 9.17) is 0 Å². The van der Waals surface area contributed by atoms with Gasteiger partial charge in [0, 0.05) is 0 Å². The number of alkyl halides is 6. The Morgan fingerprint density at radius 2 is 0.909 bits per heavy atom. The van der Waals surface area contributed by atoms with Crippen LogP contribution in [-0.4, -0.2) is 20.8 Å². The molecule has 0 bridgehead atoms. The standard InChI is InChI=1S/C35H34F6O2S/c1-21-7-13-29(17-24(21)4)33(34(36,37)38,35(39,40)41)30-14-12-27(26(6)18-30)10-11-28-20-32(16-9-23(28)3)44(42,43)31-15-8-22(2)25(5)19-31/h7-9,12-20H,10-11H2,1-6H3. The molecule has 234 valence electrons. The van der Waals surface area contributed by atoms with Gasteiger partial charge in [0.15, 0.2) is 0 Å². The van der Waals surface area contributed by atoms with Crippen LogP contribution in [-0.2, 0) is 28.1 Å². The molecule has 0 aliphatic heterocycles. The SMILES string of the molecule is Cc1ccc(C(c2ccc(CCc3cc(S(=O)(=O)c4ccc(C)c(C)c4)ccc3C)c(C)c2)(C(F)(F)F)C(F)(F)F)cc1C. The van der Waals surface area contributed by atoms with Crippen molar-refractivity contribution in [1.82, 2.24) is 0 Å². The molecule has 44 heavy (non-hydrogen) atoms. The third kappa shape index (κ3) is 5.91. The van der Waals surface area contributed by atoms with Gasteiger partial charge < -0.3 is 0 Å². The van der Waals surface area contributed by atoms with E-state index in [1.165, 1.54) is 32.0 Å². The van der Waals surface area contributed by atoms with E-state index in [0.29, 0.717) is 28.7 Å². The number of sulfone groups is 1. The maximum Gasteiger partial charge on any atom is 0.411 e. The summed E-state index contributed by atoms with van der Waals surface area (Å²) in [7, 11) is -3.80. The van der Waals surface area contributed by atoms with Gasteiger partial charge in [-0.15, -0.1) is 0 Å². The summed E-state index contributed by atoms with van der Waals surface area (Å²) in [5.41, 5.74) is -0.906. The molecule has 0 aliphatic carbocycles. The van der Waals surface area contributed by atoms with Crippen molar-refractivity contribution in [3.05, 3.63) is 128 Å². The fourth-order valence-corrected chi connectivity index (χ4v) is 6.93. The molecule has 0 saturated heterocycles. The molecule has 0 N–H and O–H groups in total. The van der Waals surface area contributed by atoms with E-state index in [2.05, 4.69) is 0 Å². The molecule has 4 aromatic carbocycles. The van der Waals surface area contributed by atoms with Crippen LogP contribution in [0.5, 0.6) is 0 Å². The van der Waals surface area contributed by atoms with Crippen LogP contribution in [0.2, 0.25) is 0 Å². The van der Waals surface area contributed by atoms with E-state index in [9.17, 15) is 34.8 Å². The summed E-state index contributed by atoms with van der Waals surface area (Å²) in [5, 5.41) is 0. The van der Waals surface area contributed by atoms with Crippen molar-refractivity contribution < 1.29 is 34.8 Å². The monoisotopic (exact) mass is 632 g/mol. The summed E-state index contributed by atoms with van der Waals surface area (Å²) in [4.78, 5) is 0.283. The summed E-state index contributed by atoms with van der Waals surface area (Å²) < 4.78 is 115. The van der Waals surface area contributed by atoms with Gasteiger partial charge in [0.2, 0.25) is 15.3 Å². The Hall–Kier alpha value is -3.59. The Balaban J connectivity index is 1.71. The van der Waals surface area contributed by atoms with E-state index in [-0.39, 0.29) is 21.8 Å². The zero-order valence-electron chi connectivity index (χ0n) is 25.3. The first-order valence-corrected chi connectivity index (χ1v) is 15.5. The number of hydrogen-bond acceptors (Lipinski definition) is 2. The average Bonchev–Trinajstić information content (AvgIpc) is 2.91. The highest BCUT2D eigenvalue weighted by Gasteiger charge is 2.72. The average molecular weight is 633 g/mol. The van der Waals surface area contributed by atoms with Crippen LogP contribution in [0.3, 0.4) is 0 Å². The molecule has 0 unspecified atom stereocenters. The smallest absolute Gasteiger partial charge is 0.219 e.